The second kappa shape index (κ2) is 13.5. The Labute approximate surface area is 269 Å². The number of hydrogen-bond donors (Lipinski definition) is 1. The van der Waals surface area contributed by atoms with E-state index in [0.29, 0.717) is 62.3 Å². The van der Waals surface area contributed by atoms with Crippen LogP contribution < -0.4 is 9.47 Å². The number of pyridine rings is 2. The Morgan fingerprint density at radius 1 is 1.06 bits per heavy atom. The molecule has 0 atom stereocenters. The molecular weight excluding hydrogens is 608 g/mol. The zero-order valence-electron chi connectivity index (χ0n) is 25.4. The van der Waals surface area contributed by atoms with Gasteiger partial charge in [-0.2, -0.15) is 10.5 Å². The number of benzene rings is 1. The highest BCUT2D eigenvalue weighted by Crippen LogP contribution is 2.50. The molecule has 1 saturated carbocycles. The second-order valence-corrected chi connectivity index (χ2v) is 11.9. The molecule has 4 aromatic rings. The van der Waals surface area contributed by atoms with Crippen molar-refractivity contribution in [2.45, 2.75) is 57.9 Å². The highest BCUT2D eigenvalue weighted by molar-refractivity contribution is 5.85. The molecule has 0 unspecified atom stereocenters. The Morgan fingerprint density at radius 3 is 2.57 bits per heavy atom. The molecule has 1 aliphatic carbocycles. The van der Waals surface area contributed by atoms with Crippen LogP contribution in [0.25, 0.3) is 17.2 Å². The molecule has 1 aromatic carbocycles. The van der Waals surface area contributed by atoms with Crippen molar-refractivity contribution in [2.75, 3.05) is 13.1 Å². The monoisotopic (exact) mass is 639 g/mol. The number of aromatic nitrogens is 4. The molecule has 1 N–H and O–H groups in total. The first kappa shape index (κ1) is 31.6. The van der Waals surface area contributed by atoms with Crippen LogP contribution in [-0.4, -0.2) is 54.7 Å². The van der Waals surface area contributed by atoms with Gasteiger partial charge in [0.2, 0.25) is 5.88 Å². The molecule has 1 aliphatic heterocycles. The Kier molecular flexibility index (Phi) is 9.09. The summed E-state index contributed by atoms with van der Waals surface area (Å²) in [4.78, 5) is 27.2. The largest absolute Gasteiger partial charge is 0.484 e. The van der Waals surface area contributed by atoms with Gasteiger partial charge >= 0.3 is 5.97 Å². The number of carboxylic acid groups (broad SMARTS) is 1. The molecule has 1 saturated heterocycles. The maximum Gasteiger partial charge on any atom is 0.328 e. The molecule has 4 heterocycles. The minimum Gasteiger partial charge on any atom is -0.484 e. The van der Waals surface area contributed by atoms with E-state index in [-0.39, 0.29) is 41.0 Å². The molecule has 0 spiro atoms. The van der Waals surface area contributed by atoms with Gasteiger partial charge in [0.05, 0.1) is 29.9 Å². The first-order chi connectivity index (χ1) is 22.7. The van der Waals surface area contributed by atoms with Crippen LogP contribution in [0.15, 0.2) is 48.5 Å². The molecule has 240 valence electrons. The van der Waals surface area contributed by atoms with E-state index in [1.807, 2.05) is 12.1 Å². The molecule has 47 heavy (non-hydrogen) atoms. The van der Waals surface area contributed by atoms with Crippen molar-refractivity contribution in [3.8, 4) is 23.8 Å². The molecule has 6 rings (SSSR count). The van der Waals surface area contributed by atoms with Crippen LogP contribution in [0.1, 0.15) is 54.9 Å². The van der Waals surface area contributed by atoms with Crippen LogP contribution in [0.5, 0.6) is 11.6 Å². The van der Waals surface area contributed by atoms with E-state index in [4.69, 9.17) is 29.8 Å². The minimum atomic E-state index is -1.06. The van der Waals surface area contributed by atoms with Gasteiger partial charge < -0.3 is 19.1 Å². The number of nitrogens with zero attached hydrogens (tertiary/aromatic N) is 7. The summed E-state index contributed by atoms with van der Waals surface area (Å²) in [6.07, 6.45) is 6.11. The van der Waals surface area contributed by atoms with Gasteiger partial charge in [-0.05, 0) is 68.2 Å². The van der Waals surface area contributed by atoms with Crippen LogP contribution in [0.2, 0.25) is 0 Å². The molecule has 13 heteroatoms. The number of aliphatic carboxylic acids is 1. The number of halogens is 2. The molecule has 0 bridgehead atoms. The van der Waals surface area contributed by atoms with Crippen LogP contribution in [0, 0.1) is 39.7 Å². The number of imidazole rings is 1. The lowest BCUT2D eigenvalue weighted by Gasteiger charge is -2.32. The third-order valence-corrected chi connectivity index (χ3v) is 8.50. The van der Waals surface area contributed by atoms with E-state index in [1.165, 1.54) is 30.3 Å². The second-order valence-electron chi connectivity index (χ2n) is 11.9. The van der Waals surface area contributed by atoms with E-state index >= 15 is 0 Å². The zero-order valence-corrected chi connectivity index (χ0v) is 25.4. The summed E-state index contributed by atoms with van der Waals surface area (Å²) in [5.74, 6) is -1.41. The third-order valence-electron chi connectivity index (χ3n) is 8.50. The lowest BCUT2D eigenvalue weighted by atomic mass is 10.0. The van der Waals surface area contributed by atoms with Gasteiger partial charge in [0.25, 0.3) is 0 Å². The maximum atomic E-state index is 14.5. The van der Waals surface area contributed by atoms with Crippen LogP contribution >= 0.6 is 0 Å². The van der Waals surface area contributed by atoms with Crippen LogP contribution in [0.4, 0.5) is 8.78 Å². The fraction of sp³-hybridized carbons (Fsp3) is 0.353. The van der Waals surface area contributed by atoms with Crippen molar-refractivity contribution in [2.24, 2.45) is 5.41 Å². The smallest absolute Gasteiger partial charge is 0.328 e. The van der Waals surface area contributed by atoms with Gasteiger partial charge in [-0.3, -0.25) is 4.90 Å². The molecule has 0 radical (unpaired) electrons. The Morgan fingerprint density at radius 2 is 1.87 bits per heavy atom. The maximum absolute atomic E-state index is 14.5. The minimum absolute atomic E-state index is 0.0253. The van der Waals surface area contributed by atoms with Crippen molar-refractivity contribution in [1.82, 2.24) is 24.4 Å². The van der Waals surface area contributed by atoms with E-state index in [2.05, 4.69) is 20.5 Å². The Bertz CT molecular complexity index is 1920. The number of carbonyl (C=O) groups is 1. The SMILES string of the molecule is N#CCC1(Cn2c(CN3CCC(Oc4ccc(F)c(COc5ccc(C#N)cc5F)n4)CC3)nc3ccc(/C=C/C(=O)O)nc32)CC1. The van der Waals surface area contributed by atoms with Gasteiger partial charge in [-0.1, -0.05) is 0 Å². The van der Waals surface area contributed by atoms with E-state index in [9.17, 15) is 18.8 Å². The lowest BCUT2D eigenvalue weighted by Crippen LogP contribution is -2.38. The summed E-state index contributed by atoms with van der Waals surface area (Å²) in [7, 11) is 0. The molecule has 2 aliphatic rings. The number of nitriles is 2. The molecular formula is C34H31F2N7O4. The first-order valence-corrected chi connectivity index (χ1v) is 15.3. The third kappa shape index (κ3) is 7.54. The number of piperidine rings is 1. The van der Waals surface area contributed by atoms with Gasteiger partial charge in [0, 0.05) is 43.6 Å². The van der Waals surface area contributed by atoms with Crippen LogP contribution in [0.3, 0.4) is 0 Å². The first-order valence-electron chi connectivity index (χ1n) is 15.3. The molecule has 3 aromatic heterocycles. The molecule has 11 nitrogen and oxygen atoms in total. The van der Waals surface area contributed by atoms with Gasteiger partial charge in [-0.15, -0.1) is 0 Å². The van der Waals surface area contributed by atoms with Crippen molar-refractivity contribution < 1.29 is 28.2 Å². The summed E-state index contributed by atoms with van der Waals surface area (Å²) in [5, 5.41) is 27.4. The normalized spacial score (nSPS) is 16.2. The number of carboxylic acids is 1. The lowest BCUT2D eigenvalue weighted by molar-refractivity contribution is -0.131. The average Bonchev–Trinajstić information content (AvgIpc) is 3.75. The van der Waals surface area contributed by atoms with E-state index in [1.54, 1.807) is 6.07 Å². The number of hydrogen-bond acceptors (Lipinski definition) is 9. The Hall–Kier alpha value is -5.40. The van der Waals surface area contributed by atoms with Crippen molar-refractivity contribution >= 4 is 23.2 Å². The summed E-state index contributed by atoms with van der Waals surface area (Å²) in [6.45, 7) is 2.30. The molecule has 0 amide bonds. The highest BCUT2D eigenvalue weighted by Gasteiger charge is 2.43. The van der Waals surface area contributed by atoms with Crippen molar-refractivity contribution in [3.05, 3.63) is 83.0 Å². The fourth-order valence-corrected chi connectivity index (χ4v) is 5.69. The standard InChI is InChI=1S/C34H31F2N7O4/c35-25-4-7-31(41-28(25)20-46-29-6-1-22(18-38)17-26(29)36)47-24-9-15-42(16-10-24)19-30-40-27-5-2-23(3-8-32(44)45)39-33(27)43(30)21-34(11-12-34)13-14-37/h1-8,17,24H,9-13,15-16,19-21H2,(H,44,45)/b8-3+. The fourth-order valence-electron chi connectivity index (χ4n) is 5.69. The number of rotatable bonds is 12. The summed E-state index contributed by atoms with van der Waals surface area (Å²) < 4.78 is 42.3. The molecule has 2 fully saturated rings. The zero-order chi connectivity index (χ0) is 33.0. The van der Waals surface area contributed by atoms with Crippen LogP contribution in [-0.2, 0) is 24.5 Å². The highest BCUT2D eigenvalue weighted by atomic mass is 19.1. The van der Waals surface area contributed by atoms with Crippen molar-refractivity contribution in [1.29, 1.82) is 10.5 Å². The summed E-state index contributed by atoms with van der Waals surface area (Å²) in [5.41, 5.74) is 1.92. The number of fused-ring (bicyclic) bond motifs is 1. The van der Waals surface area contributed by atoms with Gasteiger partial charge in [0.15, 0.2) is 17.2 Å². The topological polar surface area (TPSA) is 150 Å². The van der Waals surface area contributed by atoms with Crippen molar-refractivity contribution in [3.63, 3.8) is 0 Å². The average molecular weight is 640 g/mol. The van der Waals surface area contributed by atoms with Gasteiger partial charge in [0.1, 0.15) is 35.6 Å². The number of likely N-dealkylation sites (tertiary alicyclic amines) is 1. The van der Waals surface area contributed by atoms with Gasteiger partial charge in [-0.25, -0.2) is 28.5 Å². The Balaban J connectivity index is 1.10. The quantitative estimate of drug-likeness (QED) is 0.200. The predicted octanol–water partition coefficient (Wildman–Crippen LogP) is 5.39. The predicted molar refractivity (Wildman–Crippen MR) is 165 cm³/mol. The number of ether oxygens (including phenoxy) is 2. The summed E-state index contributed by atoms with van der Waals surface area (Å²) in [6, 6.07) is 14.2. The summed E-state index contributed by atoms with van der Waals surface area (Å²) >= 11 is 0. The van der Waals surface area contributed by atoms with E-state index < -0.39 is 17.6 Å². The van der Waals surface area contributed by atoms with E-state index in [0.717, 1.165) is 30.8 Å².